The quantitative estimate of drug-likeness (QED) is 0.612. The second kappa shape index (κ2) is 8.36. The van der Waals surface area contributed by atoms with Crippen LogP contribution in [0.5, 0.6) is 11.5 Å². The summed E-state index contributed by atoms with van der Waals surface area (Å²) in [5.41, 5.74) is 12.2. The Bertz CT molecular complexity index is 1210. The third-order valence-corrected chi connectivity index (χ3v) is 5.71. The first-order chi connectivity index (χ1) is 14.9. The van der Waals surface area contributed by atoms with Gasteiger partial charge in [0.15, 0.2) is 5.78 Å². The van der Waals surface area contributed by atoms with Gasteiger partial charge in [-0.05, 0) is 72.0 Å². The van der Waals surface area contributed by atoms with Crippen molar-refractivity contribution in [3.05, 3.63) is 76.6 Å². The maximum Gasteiger partial charge on any atom is 0.159 e. The number of carbonyl (C=O) groups excluding carboxylic acids is 1. The Hall–Kier alpha value is -3.44. The van der Waals surface area contributed by atoms with Crippen LogP contribution in [-0.2, 0) is 11.3 Å². The van der Waals surface area contributed by atoms with Crippen molar-refractivity contribution in [1.82, 2.24) is 0 Å². The topological polar surface area (TPSA) is 61.5 Å². The Morgan fingerprint density at radius 3 is 2.55 bits per heavy atom. The second-order valence-electron chi connectivity index (χ2n) is 7.59. The average molecular weight is 417 g/mol. The molecule has 1 heterocycles. The van der Waals surface area contributed by atoms with E-state index in [1.807, 2.05) is 55.5 Å². The maximum absolute atomic E-state index is 14.6. The minimum absolute atomic E-state index is 0.00568. The number of nitrogens with two attached hydrogens (primary N) is 1. The second-order valence-corrected chi connectivity index (χ2v) is 7.59. The highest BCUT2D eigenvalue weighted by atomic mass is 19.1. The van der Waals surface area contributed by atoms with E-state index in [9.17, 15) is 9.18 Å². The number of ketones is 1. The number of hydrogen-bond acceptors (Lipinski definition) is 4. The Labute approximate surface area is 181 Å². The largest absolute Gasteiger partial charge is 0.496 e. The van der Waals surface area contributed by atoms with Crippen molar-refractivity contribution in [1.29, 1.82) is 0 Å². The van der Waals surface area contributed by atoms with Gasteiger partial charge in [0.05, 0.1) is 7.11 Å². The lowest BCUT2D eigenvalue weighted by atomic mass is 9.91. The van der Waals surface area contributed by atoms with Crippen LogP contribution < -0.4 is 15.2 Å². The molecule has 1 aliphatic rings. The predicted molar refractivity (Wildman–Crippen MR) is 121 cm³/mol. The molecule has 158 valence electrons. The van der Waals surface area contributed by atoms with Gasteiger partial charge in [-0.25, -0.2) is 4.39 Å². The Balaban J connectivity index is 1.81. The third kappa shape index (κ3) is 3.84. The van der Waals surface area contributed by atoms with Gasteiger partial charge in [0.25, 0.3) is 0 Å². The fourth-order valence-corrected chi connectivity index (χ4v) is 3.96. The molecule has 31 heavy (non-hydrogen) atoms. The van der Waals surface area contributed by atoms with Crippen molar-refractivity contribution >= 4 is 11.9 Å². The Morgan fingerprint density at radius 1 is 1.13 bits per heavy atom. The van der Waals surface area contributed by atoms with E-state index in [-0.39, 0.29) is 18.1 Å². The Morgan fingerprint density at radius 2 is 1.87 bits per heavy atom. The molecule has 0 atom stereocenters. The normalized spacial score (nSPS) is 12.6. The molecule has 0 aromatic heterocycles. The summed E-state index contributed by atoms with van der Waals surface area (Å²) in [6, 6.07) is 15.2. The number of ether oxygens (including phenoxy) is 2. The smallest absolute Gasteiger partial charge is 0.159 e. The molecule has 0 spiro atoms. The molecule has 0 fully saturated rings. The molecule has 4 rings (SSSR count). The lowest BCUT2D eigenvalue weighted by molar-refractivity contribution is -0.113. The van der Waals surface area contributed by atoms with Crippen LogP contribution in [-0.4, -0.2) is 19.5 Å². The molecule has 0 saturated heterocycles. The molecule has 3 aromatic carbocycles. The monoisotopic (exact) mass is 417 g/mol. The molecule has 0 bridgehead atoms. The Kier molecular flexibility index (Phi) is 5.61. The van der Waals surface area contributed by atoms with Gasteiger partial charge in [0, 0.05) is 23.2 Å². The van der Waals surface area contributed by atoms with Gasteiger partial charge in [-0.3, -0.25) is 4.79 Å². The number of methoxy groups -OCH3 is 1. The number of Topliss-reactive ketones (excluding diaryl/α,β-unsaturated/α-hetero) is 1. The van der Waals surface area contributed by atoms with Gasteiger partial charge in [0.1, 0.15) is 23.9 Å². The molecule has 5 heteroatoms. The SMILES string of the molecule is COc1cc(-c2cccc(-c3ccc4c(c3)C=C(C(C)=O)CO4)c2C)cc(F)c1CN. The van der Waals surface area contributed by atoms with Crippen LogP contribution in [0.3, 0.4) is 0 Å². The lowest BCUT2D eigenvalue weighted by Gasteiger charge is -2.19. The molecular formula is C26H24FNO3. The number of rotatable bonds is 5. The zero-order chi connectivity index (χ0) is 22.1. The molecule has 3 aromatic rings. The number of carbonyl (C=O) groups is 1. The van der Waals surface area contributed by atoms with Crippen LogP contribution >= 0.6 is 0 Å². The van der Waals surface area contributed by atoms with Crippen LogP contribution in [0, 0.1) is 12.7 Å². The van der Waals surface area contributed by atoms with Gasteiger partial charge in [-0.2, -0.15) is 0 Å². The summed E-state index contributed by atoms with van der Waals surface area (Å²) in [6.45, 7) is 3.92. The summed E-state index contributed by atoms with van der Waals surface area (Å²) < 4.78 is 25.7. The molecule has 4 nitrogen and oxygen atoms in total. The predicted octanol–water partition coefficient (Wildman–Crippen LogP) is 5.30. The zero-order valence-corrected chi connectivity index (χ0v) is 17.8. The summed E-state index contributed by atoms with van der Waals surface area (Å²) >= 11 is 0. The van der Waals surface area contributed by atoms with Crippen molar-refractivity contribution in [3.8, 4) is 33.8 Å². The van der Waals surface area contributed by atoms with Gasteiger partial charge >= 0.3 is 0 Å². The molecule has 0 aliphatic carbocycles. The first kappa shape index (κ1) is 20.8. The van der Waals surface area contributed by atoms with Gasteiger partial charge in [0.2, 0.25) is 0 Å². The van der Waals surface area contributed by atoms with Gasteiger partial charge in [-0.1, -0.05) is 24.3 Å². The minimum Gasteiger partial charge on any atom is -0.496 e. The molecule has 0 saturated carbocycles. The van der Waals surface area contributed by atoms with Crippen LogP contribution in [0.1, 0.15) is 23.6 Å². The van der Waals surface area contributed by atoms with E-state index in [0.717, 1.165) is 39.1 Å². The van der Waals surface area contributed by atoms with Crippen LogP contribution in [0.25, 0.3) is 28.3 Å². The lowest BCUT2D eigenvalue weighted by Crippen LogP contribution is -2.12. The summed E-state index contributed by atoms with van der Waals surface area (Å²) in [7, 11) is 1.51. The number of benzene rings is 3. The molecule has 0 radical (unpaired) electrons. The van der Waals surface area contributed by atoms with Crippen molar-refractivity contribution in [3.63, 3.8) is 0 Å². The standard InChI is InChI=1S/C26H24FNO3/c1-15-21(17-7-8-25-19(9-17)10-20(14-31-25)16(2)29)5-4-6-22(15)18-11-24(27)23(13-28)26(12-18)30-3/h4-12H,13-14,28H2,1-3H3. The van der Waals surface area contributed by atoms with Gasteiger partial charge in [-0.15, -0.1) is 0 Å². The zero-order valence-electron chi connectivity index (χ0n) is 17.8. The maximum atomic E-state index is 14.6. The van der Waals surface area contributed by atoms with Crippen LogP contribution in [0.2, 0.25) is 0 Å². The summed E-state index contributed by atoms with van der Waals surface area (Å²) in [5, 5.41) is 0. The number of hydrogen-bond donors (Lipinski definition) is 1. The van der Waals surface area contributed by atoms with Gasteiger partial charge < -0.3 is 15.2 Å². The number of fused-ring (bicyclic) bond motifs is 1. The number of halogens is 1. The van der Waals surface area contributed by atoms with Crippen molar-refractivity contribution in [2.24, 2.45) is 5.73 Å². The van der Waals surface area contributed by atoms with E-state index in [2.05, 4.69) is 0 Å². The van der Waals surface area contributed by atoms with E-state index in [4.69, 9.17) is 15.2 Å². The summed E-state index contributed by atoms with van der Waals surface area (Å²) in [5.74, 6) is 0.822. The minimum atomic E-state index is -0.380. The highest BCUT2D eigenvalue weighted by molar-refractivity contribution is 5.99. The third-order valence-electron chi connectivity index (χ3n) is 5.71. The molecule has 2 N–H and O–H groups in total. The highest BCUT2D eigenvalue weighted by Gasteiger charge is 2.17. The van der Waals surface area contributed by atoms with Crippen LogP contribution in [0.15, 0.2) is 54.1 Å². The first-order valence-electron chi connectivity index (χ1n) is 10.1. The highest BCUT2D eigenvalue weighted by Crippen LogP contribution is 2.37. The molecule has 0 unspecified atom stereocenters. The summed E-state index contributed by atoms with van der Waals surface area (Å²) in [4.78, 5) is 11.7. The van der Waals surface area contributed by atoms with E-state index in [0.29, 0.717) is 23.5 Å². The first-order valence-corrected chi connectivity index (χ1v) is 10.1. The van der Waals surface area contributed by atoms with E-state index in [1.165, 1.54) is 13.2 Å². The van der Waals surface area contributed by atoms with Crippen molar-refractivity contribution < 1.29 is 18.7 Å². The molecule has 1 aliphatic heterocycles. The van der Waals surface area contributed by atoms with E-state index >= 15 is 0 Å². The molecule has 0 amide bonds. The van der Waals surface area contributed by atoms with Crippen molar-refractivity contribution in [2.45, 2.75) is 20.4 Å². The van der Waals surface area contributed by atoms with E-state index in [1.54, 1.807) is 6.92 Å². The molecular weight excluding hydrogens is 393 g/mol. The fourth-order valence-electron chi connectivity index (χ4n) is 3.96. The van der Waals surface area contributed by atoms with E-state index < -0.39 is 0 Å². The fraction of sp³-hybridized carbons (Fsp3) is 0.192. The average Bonchev–Trinajstić information content (AvgIpc) is 2.77. The summed E-state index contributed by atoms with van der Waals surface area (Å²) in [6.07, 6.45) is 1.88. The van der Waals surface area contributed by atoms with Crippen molar-refractivity contribution in [2.75, 3.05) is 13.7 Å². The van der Waals surface area contributed by atoms with Crippen LogP contribution in [0.4, 0.5) is 4.39 Å².